The number of carbonyl (C=O) groups is 1. The molecule has 94 valence electrons. The summed E-state index contributed by atoms with van der Waals surface area (Å²) >= 11 is 5.82. The Kier molecular flexibility index (Phi) is 6.01. The average Bonchev–Trinajstić information content (AvgIpc) is 2.30. The SMILES string of the molecule is CCOC(=O)CCN[C@H](C)c1ccc(Cl)cc1. The Labute approximate surface area is 107 Å². The van der Waals surface area contributed by atoms with E-state index >= 15 is 0 Å². The van der Waals surface area contributed by atoms with Gasteiger partial charge in [0.2, 0.25) is 0 Å². The Balaban J connectivity index is 2.32. The molecule has 0 heterocycles. The fourth-order valence-electron chi connectivity index (χ4n) is 1.49. The smallest absolute Gasteiger partial charge is 0.307 e. The monoisotopic (exact) mass is 255 g/mol. The van der Waals surface area contributed by atoms with E-state index in [1.165, 1.54) is 0 Å². The van der Waals surface area contributed by atoms with Crippen LogP contribution in [0.4, 0.5) is 0 Å². The van der Waals surface area contributed by atoms with Gasteiger partial charge in [0.05, 0.1) is 13.0 Å². The molecular weight excluding hydrogens is 238 g/mol. The second-order valence-electron chi connectivity index (χ2n) is 3.78. The molecule has 0 saturated heterocycles. The number of halogens is 1. The lowest BCUT2D eigenvalue weighted by Gasteiger charge is -2.13. The van der Waals surface area contributed by atoms with E-state index in [4.69, 9.17) is 16.3 Å². The summed E-state index contributed by atoms with van der Waals surface area (Å²) in [4.78, 5) is 11.1. The van der Waals surface area contributed by atoms with Gasteiger partial charge in [-0.25, -0.2) is 0 Å². The standard InChI is InChI=1S/C13H18ClNO2/c1-3-17-13(16)8-9-15-10(2)11-4-6-12(14)7-5-11/h4-7,10,15H,3,8-9H2,1-2H3/t10-/m1/s1. The summed E-state index contributed by atoms with van der Waals surface area (Å²) in [6.07, 6.45) is 0.395. The van der Waals surface area contributed by atoms with Gasteiger partial charge in [-0.2, -0.15) is 0 Å². The van der Waals surface area contributed by atoms with Crippen molar-refractivity contribution in [2.75, 3.05) is 13.2 Å². The first-order valence-electron chi connectivity index (χ1n) is 5.78. The van der Waals surface area contributed by atoms with Gasteiger partial charge in [0.15, 0.2) is 0 Å². The number of ether oxygens (including phenoxy) is 1. The zero-order valence-electron chi connectivity index (χ0n) is 10.2. The van der Waals surface area contributed by atoms with Gasteiger partial charge < -0.3 is 10.1 Å². The summed E-state index contributed by atoms with van der Waals surface area (Å²) in [5.41, 5.74) is 1.15. The highest BCUT2D eigenvalue weighted by molar-refractivity contribution is 6.30. The van der Waals surface area contributed by atoms with Crippen molar-refractivity contribution in [1.29, 1.82) is 0 Å². The highest BCUT2D eigenvalue weighted by Crippen LogP contribution is 2.15. The van der Waals surface area contributed by atoms with Crippen LogP contribution in [0, 0.1) is 0 Å². The molecule has 0 aliphatic carbocycles. The van der Waals surface area contributed by atoms with Crippen molar-refractivity contribution in [2.45, 2.75) is 26.3 Å². The lowest BCUT2D eigenvalue weighted by atomic mass is 10.1. The first-order chi connectivity index (χ1) is 8.13. The molecule has 0 saturated carbocycles. The molecular formula is C13H18ClNO2. The molecule has 1 rings (SSSR count). The van der Waals surface area contributed by atoms with Gasteiger partial charge in [0.1, 0.15) is 0 Å². The Hall–Kier alpha value is -1.06. The van der Waals surface area contributed by atoms with E-state index in [-0.39, 0.29) is 12.0 Å². The number of esters is 1. The summed E-state index contributed by atoms with van der Waals surface area (Å²) in [7, 11) is 0. The lowest BCUT2D eigenvalue weighted by Crippen LogP contribution is -2.22. The number of benzene rings is 1. The maximum Gasteiger partial charge on any atom is 0.307 e. The first-order valence-corrected chi connectivity index (χ1v) is 6.15. The van der Waals surface area contributed by atoms with E-state index in [1.807, 2.05) is 38.1 Å². The van der Waals surface area contributed by atoms with Crippen LogP contribution in [0.15, 0.2) is 24.3 Å². The summed E-state index contributed by atoms with van der Waals surface area (Å²) in [6.45, 7) is 4.91. The molecule has 0 amide bonds. The van der Waals surface area contributed by atoms with Crippen LogP contribution in [-0.4, -0.2) is 19.1 Å². The van der Waals surface area contributed by atoms with Crippen LogP contribution in [0.25, 0.3) is 0 Å². The van der Waals surface area contributed by atoms with Crippen molar-refractivity contribution in [1.82, 2.24) is 5.32 Å². The van der Waals surface area contributed by atoms with E-state index in [1.54, 1.807) is 0 Å². The van der Waals surface area contributed by atoms with Crippen LogP contribution in [-0.2, 0) is 9.53 Å². The third-order valence-electron chi connectivity index (χ3n) is 2.45. The van der Waals surface area contributed by atoms with E-state index in [0.717, 1.165) is 10.6 Å². The summed E-state index contributed by atoms with van der Waals surface area (Å²) in [5, 5.41) is 3.99. The quantitative estimate of drug-likeness (QED) is 0.795. The van der Waals surface area contributed by atoms with Crippen LogP contribution in [0.2, 0.25) is 5.02 Å². The Bertz CT molecular complexity index is 351. The molecule has 1 aromatic rings. The molecule has 0 aliphatic heterocycles. The Morgan fingerprint density at radius 3 is 2.65 bits per heavy atom. The van der Waals surface area contributed by atoms with Crippen LogP contribution >= 0.6 is 11.6 Å². The fourth-order valence-corrected chi connectivity index (χ4v) is 1.62. The van der Waals surface area contributed by atoms with Gasteiger partial charge in [-0.05, 0) is 31.5 Å². The molecule has 1 aromatic carbocycles. The lowest BCUT2D eigenvalue weighted by molar-refractivity contribution is -0.143. The molecule has 0 aliphatic rings. The van der Waals surface area contributed by atoms with Crippen molar-refractivity contribution in [3.63, 3.8) is 0 Å². The maximum atomic E-state index is 11.1. The van der Waals surface area contributed by atoms with Crippen molar-refractivity contribution < 1.29 is 9.53 Å². The Morgan fingerprint density at radius 1 is 1.41 bits per heavy atom. The summed E-state index contributed by atoms with van der Waals surface area (Å²) in [6, 6.07) is 7.87. The number of nitrogens with one attached hydrogen (secondary N) is 1. The highest BCUT2D eigenvalue weighted by atomic mass is 35.5. The topological polar surface area (TPSA) is 38.3 Å². The zero-order chi connectivity index (χ0) is 12.7. The minimum atomic E-state index is -0.164. The van der Waals surface area contributed by atoms with Crippen LogP contribution in [0.1, 0.15) is 31.9 Å². The van der Waals surface area contributed by atoms with Crippen LogP contribution < -0.4 is 5.32 Å². The summed E-state index contributed by atoms with van der Waals surface area (Å²) < 4.78 is 4.85. The molecule has 0 unspecified atom stereocenters. The second kappa shape index (κ2) is 7.30. The molecule has 0 radical (unpaired) electrons. The van der Waals surface area contributed by atoms with Gasteiger partial charge in [0.25, 0.3) is 0 Å². The molecule has 0 bridgehead atoms. The van der Waals surface area contributed by atoms with E-state index in [9.17, 15) is 4.79 Å². The van der Waals surface area contributed by atoms with Gasteiger partial charge in [0, 0.05) is 17.6 Å². The zero-order valence-corrected chi connectivity index (χ0v) is 11.0. The maximum absolute atomic E-state index is 11.1. The van der Waals surface area contributed by atoms with E-state index in [0.29, 0.717) is 19.6 Å². The number of rotatable bonds is 6. The van der Waals surface area contributed by atoms with Gasteiger partial charge in [-0.1, -0.05) is 23.7 Å². The largest absolute Gasteiger partial charge is 0.466 e. The fraction of sp³-hybridized carbons (Fsp3) is 0.462. The van der Waals surface area contributed by atoms with Crippen LogP contribution in [0.3, 0.4) is 0 Å². The first kappa shape index (κ1) is 14.0. The van der Waals surface area contributed by atoms with Crippen LogP contribution in [0.5, 0.6) is 0 Å². The molecule has 1 N–H and O–H groups in total. The average molecular weight is 256 g/mol. The predicted molar refractivity (Wildman–Crippen MR) is 69.1 cm³/mol. The molecule has 4 heteroatoms. The van der Waals surface area contributed by atoms with Gasteiger partial charge in [-0.15, -0.1) is 0 Å². The number of hydrogen-bond acceptors (Lipinski definition) is 3. The van der Waals surface area contributed by atoms with Crippen molar-refractivity contribution in [3.8, 4) is 0 Å². The normalized spacial score (nSPS) is 12.2. The third-order valence-corrected chi connectivity index (χ3v) is 2.71. The number of carbonyl (C=O) groups excluding carboxylic acids is 1. The minimum absolute atomic E-state index is 0.164. The van der Waals surface area contributed by atoms with Crippen molar-refractivity contribution >= 4 is 17.6 Å². The molecule has 3 nitrogen and oxygen atoms in total. The molecule has 1 atom stereocenters. The van der Waals surface area contributed by atoms with Crippen molar-refractivity contribution in [2.24, 2.45) is 0 Å². The molecule has 0 aromatic heterocycles. The van der Waals surface area contributed by atoms with Gasteiger partial charge >= 0.3 is 5.97 Å². The molecule has 17 heavy (non-hydrogen) atoms. The molecule has 0 spiro atoms. The second-order valence-corrected chi connectivity index (χ2v) is 4.22. The van der Waals surface area contributed by atoms with Crippen molar-refractivity contribution in [3.05, 3.63) is 34.9 Å². The minimum Gasteiger partial charge on any atom is -0.466 e. The van der Waals surface area contributed by atoms with E-state index < -0.39 is 0 Å². The molecule has 0 fully saturated rings. The van der Waals surface area contributed by atoms with E-state index in [2.05, 4.69) is 5.32 Å². The number of hydrogen-bond donors (Lipinski definition) is 1. The van der Waals surface area contributed by atoms with Gasteiger partial charge in [-0.3, -0.25) is 4.79 Å². The third kappa shape index (κ3) is 5.20. The predicted octanol–water partition coefficient (Wildman–Crippen LogP) is 2.94. The summed E-state index contributed by atoms with van der Waals surface area (Å²) in [5.74, 6) is -0.164. The Morgan fingerprint density at radius 2 is 2.06 bits per heavy atom. The highest BCUT2D eigenvalue weighted by Gasteiger charge is 2.06.